The van der Waals surface area contributed by atoms with E-state index in [0.29, 0.717) is 21.7 Å². The Hall–Kier alpha value is -3.04. The average Bonchev–Trinajstić information content (AvgIpc) is 2.82. The van der Waals surface area contributed by atoms with E-state index in [1.54, 1.807) is 43.5 Å². The summed E-state index contributed by atoms with van der Waals surface area (Å²) in [6.07, 6.45) is 0. The van der Waals surface area contributed by atoms with Crippen LogP contribution in [0.4, 0.5) is 5.69 Å². The Kier molecular flexibility index (Phi) is 7.99. The van der Waals surface area contributed by atoms with Crippen molar-refractivity contribution in [1.29, 1.82) is 0 Å². The van der Waals surface area contributed by atoms with Gasteiger partial charge in [0.15, 0.2) is 0 Å². The Morgan fingerprint density at radius 1 is 0.970 bits per heavy atom. The number of halogens is 1. The molecule has 3 aromatic rings. The molecule has 0 spiro atoms. The van der Waals surface area contributed by atoms with E-state index >= 15 is 0 Å². The highest BCUT2D eigenvalue weighted by Crippen LogP contribution is 2.30. The molecule has 0 atom stereocenters. The molecule has 33 heavy (non-hydrogen) atoms. The molecule has 0 unspecified atom stereocenters. The van der Waals surface area contributed by atoms with Gasteiger partial charge < -0.3 is 14.8 Å². The van der Waals surface area contributed by atoms with Crippen LogP contribution in [0.2, 0.25) is 0 Å². The Labute approximate surface area is 202 Å². The maximum absolute atomic E-state index is 13.5. The Balaban J connectivity index is 1.89. The minimum Gasteiger partial charge on any atom is -0.496 e. The first-order valence-corrected chi connectivity index (χ1v) is 12.3. The number of ether oxygens (including phenoxy) is 2. The standard InChI is InChI=1S/C24H25BrN2O5S/c1-17-8-10-19(11-9-17)27(33(29,30)20-12-13-23(32-3)21(25)14-20)16-24(28)26-15-18-6-4-5-7-22(18)31-2/h4-14H,15-16H2,1-3H3,(H,26,28). The van der Waals surface area contributed by atoms with Crippen LogP contribution in [-0.4, -0.2) is 35.1 Å². The number of methoxy groups -OCH3 is 2. The van der Waals surface area contributed by atoms with Crippen molar-refractivity contribution >= 4 is 37.5 Å². The molecule has 0 aromatic heterocycles. The summed E-state index contributed by atoms with van der Waals surface area (Å²) in [6.45, 7) is 1.73. The van der Waals surface area contributed by atoms with E-state index < -0.39 is 15.9 Å². The summed E-state index contributed by atoms with van der Waals surface area (Å²) >= 11 is 3.33. The SMILES string of the molecule is COc1ccc(S(=O)(=O)N(CC(=O)NCc2ccccc2OC)c2ccc(C)cc2)cc1Br. The van der Waals surface area contributed by atoms with Crippen molar-refractivity contribution in [2.24, 2.45) is 0 Å². The summed E-state index contributed by atoms with van der Waals surface area (Å²) in [6, 6.07) is 18.7. The molecular weight excluding hydrogens is 508 g/mol. The predicted octanol–water partition coefficient (Wildman–Crippen LogP) is 4.29. The molecule has 0 heterocycles. The van der Waals surface area contributed by atoms with Gasteiger partial charge in [-0.25, -0.2) is 8.42 Å². The Morgan fingerprint density at radius 2 is 1.64 bits per heavy atom. The van der Waals surface area contributed by atoms with Crippen molar-refractivity contribution in [2.75, 3.05) is 25.1 Å². The minimum atomic E-state index is -4.04. The third kappa shape index (κ3) is 5.85. The fourth-order valence-electron chi connectivity index (χ4n) is 3.19. The van der Waals surface area contributed by atoms with Gasteiger partial charge in [-0.1, -0.05) is 35.9 Å². The Bertz CT molecular complexity index is 1230. The number of nitrogens with zero attached hydrogens (tertiary/aromatic N) is 1. The highest BCUT2D eigenvalue weighted by molar-refractivity contribution is 9.10. The Morgan fingerprint density at radius 3 is 2.27 bits per heavy atom. The van der Waals surface area contributed by atoms with E-state index in [0.717, 1.165) is 15.4 Å². The second kappa shape index (κ2) is 10.7. The largest absolute Gasteiger partial charge is 0.496 e. The predicted molar refractivity (Wildman–Crippen MR) is 131 cm³/mol. The van der Waals surface area contributed by atoms with Crippen molar-refractivity contribution in [3.63, 3.8) is 0 Å². The van der Waals surface area contributed by atoms with Crippen LogP contribution in [0.3, 0.4) is 0 Å². The average molecular weight is 533 g/mol. The van der Waals surface area contributed by atoms with Gasteiger partial charge in [0.2, 0.25) is 5.91 Å². The van der Waals surface area contributed by atoms with Crippen LogP contribution in [0.15, 0.2) is 76.1 Å². The van der Waals surface area contributed by atoms with Crippen molar-refractivity contribution in [3.05, 3.63) is 82.3 Å². The molecule has 3 rings (SSSR count). The van der Waals surface area contributed by atoms with Crippen LogP contribution in [0.25, 0.3) is 0 Å². The normalized spacial score (nSPS) is 11.0. The quantitative estimate of drug-likeness (QED) is 0.444. The summed E-state index contributed by atoms with van der Waals surface area (Å²) < 4.78 is 39.2. The summed E-state index contributed by atoms with van der Waals surface area (Å²) in [5.74, 6) is 0.701. The number of rotatable bonds is 9. The molecule has 0 saturated heterocycles. The number of anilines is 1. The van der Waals surface area contributed by atoms with Crippen LogP contribution < -0.4 is 19.1 Å². The zero-order chi connectivity index (χ0) is 24.0. The molecule has 3 aromatic carbocycles. The maximum atomic E-state index is 13.5. The molecule has 0 aliphatic carbocycles. The number of amides is 1. The molecular formula is C24H25BrN2O5S. The lowest BCUT2D eigenvalue weighted by Crippen LogP contribution is -2.40. The van der Waals surface area contributed by atoms with Gasteiger partial charge >= 0.3 is 0 Å². The number of carbonyl (C=O) groups is 1. The fourth-order valence-corrected chi connectivity index (χ4v) is 5.33. The smallest absolute Gasteiger partial charge is 0.264 e. The van der Waals surface area contributed by atoms with E-state index in [9.17, 15) is 13.2 Å². The summed E-state index contributed by atoms with van der Waals surface area (Å²) in [7, 11) is -0.989. The van der Waals surface area contributed by atoms with Gasteiger partial charge in [0, 0.05) is 12.1 Å². The highest BCUT2D eigenvalue weighted by atomic mass is 79.9. The van der Waals surface area contributed by atoms with E-state index in [4.69, 9.17) is 9.47 Å². The molecule has 174 valence electrons. The van der Waals surface area contributed by atoms with E-state index in [2.05, 4.69) is 21.2 Å². The van der Waals surface area contributed by atoms with E-state index in [-0.39, 0.29) is 18.0 Å². The number of carbonyl (C=O) groups excluding carboxylic acids is 1. The summed E-state index contributed by atoms with van der Waals surface area (Å²) in [5, 5.41) is 2.78. The van der Waals surface area contributed by atoms with Crippen LogP contribution in [0, 0.1) is 6.92 Å². The van der Waals surface area contributed by atoms with Gasteiger partial charge in [-0.3, -0.25) is 9.10 Å². The zero-order valence-electron chi connectivity index (χ0n) is 18.5. The van der Waals surface area contributed by atoms with Gasteiger partial charge in [-0.05, 0) is 59.3 Å². The van der Waals surface area contributed by atoms with Gasteiger partial charge in [0.25, 0.3) is 10.0 Å². The first-order chi connectivity index (χ1) is 15.8. The molecule has 1 amide bonds. The van der Waals surface area contributed by atoms with Gasteiger partial charge in [-0.2, -0.15) is 0 Å². The van der Waals surface area contributed by atoms with Gasteiger partial charge in [0.1, 0.15) is 18.0 Å². The monoisotopic (exact) mass is 532 g/mol. The number of hydrogen-bond acceptors (Lipinski definition) is 5. The highest BCUT2D eigenvalue weighted by Gasteiger charge is 2.28. The van der Waals surface area contributed by atoms with Crippen molar-refractivity contribution in [3.8, 4) is 11.5 Å². The molecule has 9 heteroatoms. The zero-order valence-corrected chi connectivity index (χ0v) is 20.9. The fraction of sp³-hybridized carbons (Fsp3) is 0.208. The van der Waals surface area contributed by atoms with Crippen LogP contribution in [0.1, 0.15) is 11.1 Å². The molecule has 1 N–H and O–H groups in total. The first-order valence-electron chi connectivity index (χ1n) is 10.1. The first kappa shape index (κ1) is 24.6. The molecule has 0 fully saturated rings. The number of aryl methyl sites for hydroxylation is 1. The van der Waals surface area contributed by atoms with E-state index in [1.165, 1.54) is 19.2 Å². The minimum absolute atomic E-state index is 0.0354. The number of hydrogen-bond donors (Lipinski definition) is 1. The number of sulfonamides is 1. The molecule has 0 radical (unpaired) electrons. The third-order valence-electron chi connectivity index (χ3n) is 4.99. The number of benzene rings is 3. The second-order valence-corrected chi connectivity index (χ2v) is 9.95. The third-order valence-corrected chi connectivity index (χ3v) is 7.38. The lowest BCUT2D eigenvalue weighted by Gasteiger charge is -2.24. The summed E-state index contributed by atoms with van der Waals surface area (Å²) in [4.78, 5) is 12.9. The van der Waals surface area contributed by atoms with Gasteiger partial charge in [-0.15, -0.1) is 0 Å². The van der Waals surface area contributed by atoms with Crippen LogP contribution in [-0.2, 0) is 21.4 Å². The molecule has 0 aliphatic rings. The van der Waals surface area contributed by atoms with Crippen molar-refractivity contribution < 1.29 is 22.7 Å². The molecule has 0 saturated carbocycles. The van der Waals surface area contributed by atoms with Crippen LogP contribution >= 0.6 is 15.9 Å². The summed E-state index contributed by atoms with van der Waals surface area (Å²) in [5.41, 5.74) is 2.15. The maximum Gasteiger partial charge on any atom is 0.264 e. The lowest BCUT2D eigenvalue weighted by molar-refractivity contribution is -0.119. The van der Waals surface area contributed by atoms with Crippen molar-refractivity contribution in [2.45, 2.75) is 18.4 Å². The van der Waals surface area contributed by atoms with Gasteiger partial charge in [0.05, 0.1) is 29.3 Å². The molecule has 0 bridgehead atoms. The molecule has 7 nitrogen and oxygen atoms in total. The van der Waals surface area contributed by atoms with E-state index in [1.807, 2.05) is 25.1 Å². The number of para-hydroxylation sites is 1. The van der Waals surface area contributed by atoms with Crippen molar-refractivity contribution in [1.82, 2.24) is 5.32 Å². The second-order valence-electron chi connectivity index (χ2n) is 7.23. The lowest BCUT2D eigenvalue weighted by atomic mass is 10.2. The molecule has 0 aliphatic heterocycles. The number of nitrogens with one attached hydrogen (secondary N) is 1. The topological polar surface area (TPSA) is 84.9 Å². The van der Waals surface area contributed by atoms with Crippen LogP contribution in [0.5, 0.6) is 11.5 Å².